The van der Waals surface area contributed by atoms with Gasteiger partial charge >= 0.3 is 12.1 Å². The van der Waals surface area contributed by atoms with Gasteiger partial charge in [-0.3, -0.25) is 9.59 Å². The molecule has 1 aliphatic heterocycles. The molecule has 1 saturated heterocycles. The molecule has 0 atom stereocenters. The molecule has 1 aliphatic carbocycles. The molecule has 6 nitrogen and oxygen atoms in total. The first-order chi connectivity index (χ1) is 8.99. The molecule has 0 spiro atoms. The molecule has 0 unspecified atom stereocenters. The molecule has 0 aromatic carbocycles. The Kier molecular flexibility index (Phi) is 3.87. The Balaban J connectivity index is 1.84. The molecule has 0 aromatic rings. The first-order valence-corrected chi connectivity index (χ1v) is 6.16. The minimum absolute atomic E-state index is 0.0395. The smallest absolute Gasteiger partial charge is 0.461 e. The highest BCUT2D eigenvalue weighted by Gasteiger charge is 2.41. The summed E-state index contributed by atoms with van der Waals surface area (Å²) in [4.78, 5) is 33.8. The lowest BCUT2D eigenvalue weighted by Gasteiger charge is -2.30. The first kappa shape index (κ1) is 13.6. The fraction of sp³-hybridized carbons (Fsp3) is 0.615. The van der Waals surface area contributed by atoms with Gasteiger partial charge in [0.05, 0.1) is 0 Å². The Labute approximate surface area is 110 Å². The lowest BCUT2D eigenvalue weighted by Crippen LogP contribution is -2.44. The Morgan fingerprint density at radius 2 is 2.00 bits per heavy atom. The monoisotopic (exact) mass is 268 g/mol. The fourth-order valence-corrected chi connectivity index (χ4v) is 1.86. The van der Waals surface area contributed by atoms with Gasteiger partial charge in [-0.05, 0) is 18.9 Å². The number of carbonyl (C=O) groups excluding carboxylic acids is 3. The highest BCUT2D eigenvalue weighted by molar-refractivity contribution is 5.81. The topological polar surface area (TPSA) is 78.9 Å². The second kappa shape index (κ2) is 5.42. The molecule has 1 heterocycles. The van der Waals surface area contributed by atoms with Gasteiger partial charge in [-0.1, -0.05) is 6.08 Å². The van der Waals surface area contributed by atoms with E-state index in [0.29, 0.717) is 19.3 Å². The van der Waals surface area contributed by atoms with Gasteiger partial charge in [-0.2, -0.15) is 0 Å². The van der Waals surface area contributed by atoms with Crippen molar-refractivity contribution in [2.24, 2.45) is 5.41 Å². The van der Waals surface area contributed by atoms with Crippen LogP contribution in [0.2, 0.25) is 0 Å². The van der Waals surface area contributed by atoms with Crippen molar-refractivity contribution in [3.8, 4) is 0 Å². The predicted octanol–water partition coefficient (Wildman–Crippen LogP) is 1.38. The maximum Gasteiger partial charge on any atom is 0.508 e. The molecule has 2 rings (SSSR count). The van der Waals surface area contributed by atoms with Gasteiger partial charge in [-0.25, -0.2) is 4.79 Å². The lowest BCUT2D eigenvalue weighted by molar-refractivity contribution is -0.165. The van der Waals surface area contributed by atoms with Crippen LogP contribution >= 0.6 is 0 Å². The van der Waals surface area contributed by atoms with E-state index in [0.717, 1.165) is 5.57 Å². The second-order valence-corrected chi connectivity index (χ2v) is 5.07. The van der Waals surface area contributed by atoms with Crippen LogP contribution in [0.25, 0.3) is 0 Å². The summed E-state index contributed by atoms with van der Waals surface area (Å²) in [5.74, 6) is -0.257. The highest BCUT2D eigenvalue weighted by atomic mass is 16.7. The van der Waals surface area contributed by atoms with Crippen LogP contribution in [0.3, 0.4) is 0 Å². The number of allylic oxidation sites excluding steroid dienone is 1. The largest absolute Gasteiger partial charge is 0.508 e. The summed E-state index contributed by atoms with van der Waals surface area (Å²) in [6, 6.07) is 0. The lowest BCUT2D eigenvalue weighted by atomic mass is 9.92. The van der Waals surface area contributed by atoms with Crippen molar-refractivity contribution in [1.82, 2.24) is 0 Å². The number of ketones is 1. The quantitative estimate of drug-likeness (QED) is 0.568. The molecule has 0 N–H and O–H groups in total. The molecular weight excluding hydrogens is 252 g/mol. The molecule has 0 bridgehead atoms. The molecule has 2 aliphatic rings. The van der Waals surface area contributed by atoms with E-state index < -0.39 is 17.5 Å². The molecule has 104 valence electrons. The average Bonchev–Trinajstić information content (AvgIpc) is 2.41. The van der Waals surface area contributed by atoms with Crippen LogP contribution in [0.5, 0.6) is 0 Å². The van der Waals surface area contributed by atoms with E-state index >= 15 is 0 Å². The van der Waals surface area contributed by atoms with E-state index in [1.54, 1.807) is 13.0 Å². The van der Waals surface area contributed by atoms with Gasteiger partial charge in [0.25, 0.3) is 0 Å². The minimum Gasteiger partial charge on any atom is -0.461 e. The van der Waals surface area contributed by atoms with Crippen molar-refractivity contribution in [2.45, 2.75) is 26.2 Å². The molecule has 1 fully saturated rings. The Morgan fingerprint density at radius 3 is 2.58 bits per heavy atom. The van der Waals surface area contributed by atoms with Crippen LogP contribution in [0.15, 0.2) is 11.6 Å². The van der Waals surface area contributed by atoms with Gasteiger partial charge in [0.2, 0.25) is 0 Å². The normalized spacial score (nSPS) is 22.1. The van der Waals surface area contributed by atoms with Gasteiger partial charge in [0.1, 0.15) is 31.0 Å². The van der Waals surface area contributed by atoms with E-state index in [2.05, 4.69) is 0 Å². The van der Waals surface area contributed by atoms with Gasteiger partial charge in [0, 0.05) is 12.8 Å². The third-order valence-electron chi connectivity index (χ3n) is 3.24. The number of cyclic esters (lactones) is 2. The number of ether oxygens (including phenoxy) is 3. The van der Waals surface area contributed by atoms with Crippen LogP contribution in [0, 0.1) is 5.41 Å². The second-order valence-electron chi connectivity index (χ2n) is 5.07. The Bertz CT molecular complexity index is 426. The molecule has 0 radical (unpaired) electrons. The van der Waals surface area contributed by atoms with E-state index in [-0.39, 0.29) is 25.6 Å². The third-order valence-corrected chi connectivity index (χ3v) is 3.24. The van der Waals surface area contributed by atoms with Crippen molar-refractivity contribution in [3.05, 3.63) is 11.6 Å². The number of hydrogen-bond donors (Lipinski definition) is 0. The summed E-state index contributed by atoms with van der Waals surface area (Å²) in [5.41, 5.74) is -0.0100. The van der Waals surface area contributed by atoms with Crippen LogP contribution in [-0.4, -0.2) is 37.7 Å². The molecule has 6 heteroatoms. The standard InChI is InChI=1S/C13H16O6/c1-13(7-18-12(16)19-8-13)11(15)17-6-9-2-4-10(14)5-3-9/h2H,3-8H2,1H3. The first-order valence-electron chi connectivity index (χ1n) is 6.16. The zero-order chi connectivity index (χ0) is 13.9. The maximum absolute atomic E-state index is 11.9. The summed E-state index contributed by atoms with van der Waals surface area (Å²) < 4.78 is 14.6. The number of rotatable bonds is 3. The maximum atomic E-state index is 11.9. The summed E-state index contributed by atoms with van der Waals surface area (Å²) in [5, 5.41) is 0. The van der Waals surface area contributed by atoms with Crippen molar-refractivity contribution >= 4 is 17.9 Å². The number of hydrogen-bond acceptors (Lipinski definition) is 6. The van der Waals surface area contributed by atoms with E-state index in [9.17, 15) is 14.4 Å². The Hall–Kier alpha value is -1.85. The van der Waals surface area contributed by atoms with Gasteiger partial charge in [0.15, 0.2) is 0 Å². The van der Waals surface area contributed by atoms with Crippen molar-refractivity contribution in [3.63, 3.8) is 0 Å². The molecule has 19 heavy (non-hydrogen) atoms. The average molecular weight is 268 g/mol. The number of esters is 1. The van der Waals surface area contributed by atoms with Gasteiger partial charge in [-0.15, -0.1) is 0 Å². The summed E-state index contributed by atoms with van der Waals surface area (Å²) >= 11 is 0. The van der Waals surface area contributed by atoms with Crippen LogP contribution < -0.4 is 0 Å². The predicted molar refractivity (Wildman–Crippen MR) is 63.3 cm³/mol. The fourth-order valence-electron chi connectivity index (χ4n) is 1.86. The summed E-state index contributed by atoms with van der Waals surface area (Å²) in [7, 11) is 0. The van der Waals surface area contributed by atoms with E-state index in [4.69, 9.17) is 14.2 Å². The van der Waals surface area contributed by atoms with Crippen LogP contribution in [0.1, 0.15) is 26.2 Å². The zero-order valence-electron chi connectivity index (χ0n) is 10.8. The molecule has 0 amide bonds. The molecule has 0 aromatic heterocycles. The summed E-state index contributed by atoms with van der Waals surface area (Å²) in [6.45, 7) is 1.72. The Morgan fingerprint density at radius 1 is 1.32 bits per heavy atom. The third kappa shape index (κ3) is 3.33. The van der Waals surface area contributed by atoms with Crippen molar-refractivity contribution in [1.29, 1.82) is 0 Å². The molecular formula is C13H16O6. The van der Waals surface area contributed by atoms with Crippen LogP contribution in [-0.2, 0) is 23.8 Å². The minimum atomic E-state index is -0.959. The highest BCUT2D eigenvalue weighted by Crippen LogP contribution is 2.25. The SMILES string of the molecule is CC1(C(=O)OCC2=CCC(=O)CC2)COC(=O)OC1. The van der Waals surface area contributed by atoms with Crippen molar-refractivity contribution < 1.29 is 28.6 Å². The number of Topliss-reactive ketones (excluding diaryl/α,β-unsaturated/α-hetero) is 1. The number of carbonyl (C=O) groups is 3. The van der Waals surface area contributed by atoms with Crippen LogP contribution in [0.4, 0.5) is 4.79 Å². The van der Waals surface area contributed by atoms with E-state index in [1.165, 1.54) is 0 Å². The van der Waals surface area contributed by atoms with E-state index in [1.807, 2.05) is 0 Å². The molecule has 0 saturated carbocycles. The van der Waals surface area contributed by atoms with Crippen molar-refractivity contribution in [2.75, 3.05) is 19.8 Å². The summed E-state index contributed by atoms with van der Waals surface area (Å²) in [6.07, 6.45) is 2.58. The van der Waals surface area contributed by atoms with Gasteiger partial charge < -0.3 is 14.2 Å². The zero-order valence-corrected chi connectivity index (χ0v) is 10.8.